The van der Waals surface area contributed by atoms with Crippen LogP contribution in [0.3, 0.4) is 0 Å². The van der Waals surface area contributed by atoms with Crippen LogP contribution in [-0.2, 0) is 32.2 Å². The van der Waals surface area contributed by atoms with Crippen LogP contribution in [0.5, 0.6) is 0 Å². The van der Waals surface area contributed by atoms with Gasteiger partial charge in [-0.05, 0) is 54.8 Å². The molecule has 2 aliphatic rings. The van der Waals surface area contributed by atoms with E-state index in [4.69, 9.17) is 4.74 Å². The first kappa shape index (κ1) is 27.2. The number of anilines is 2. The Kier molecular flexibility index (Phi) is 6.74. The molecule has 1 unspecified atom stereocenters. The van der Waals surface area contributed by atoms with Crippen molar-refractivity contribution in [3.05, 3.63) is 82.2 Å². The summed E-state index contributed by atoms with van der Waals surface area (Å²) in [5, 5.41) is 0.612. The van der Waals surface area contributed by atoms with Gasteiger partial charge in [-0.1, -0.05) is 6.07 Å². The number of aromatic amines is 1. The van der Waals surface area contributed by atoms with E-state index in [1.54, 1.807) is 50.8 Å². The maximum absolute atomic E-state index is 14.5. The van der Waals surface area contributed by atoms with Gasteiger partial charge in [-0.3, -0.25) is 9.59 Å². The van der Waals surface area contributed by atoms with Gasteiger partial charge in [0.05, 0.1) is 17.5 Å². The number of benzene rings is 2. The zero-order valence-corrected chi connectivity index (χ0v) is 23.9. The molecule has 0 aliphatic carbocycles. The molecule has 11 heteroatoms. The number of piperidine rings is 1. The van der Waals surface area contributed by atoms with Crippen LogP contribution in [0.1, 0.15) is 30.0 Å². The van der Waals surface area contributed by atoms with E-state index in [1.807, 2.05) is 15.9 Å². The van der Waals surface area contributed by atoms with E-state index in [-0.39, 0.29) is 23.3 Å². The van der Waals surface area contributed by atoms with Crippen molar-refractivity contribution >= 4 is 38.0 Å². The van der Waals surface area contributed by atoms with E-state index in [2.05, 4.69) is 4.98 Å². The van der Waals surface area contributed by atoms with E-state index >= 15 is 0 Å². The van der Waals surface area contributed by atoms with Gasteiger partial charge in [0.15, 0.2) is 9.84 Å². The number of ether oxygens (including phenoxy) is 1. The van der Waals surface area contributed by atoms with Gasteiger partial charge in [-0.2, -0.15) is 0 Å². The fourth-order valence-electron chi connectivity index (χ4n) is 6.11. The first-order valence-corrected chi connectivity index (χ1v) is 15.5. The van der Waals surface area contributed by atoms with Crippen molar-refractivity contribution in [3.63, 3.8) is 0 Å². The largest absolute Gasteiger partial charge is 0.381 e. The molecular formula is C30H31FN4O5S. The number of likely N-dealkylation sites (tertiary alicyclic amines) is 1. The Hall–Kier alpha value is -3.96. The maximum atomic E-state index is 14.5. The first-order valence-electron chi connectivity index (χ1n) is 13.4. The molecule has 4 heterocycles. The molecule has 9 nitrogen and oxygen atoms in total. The average molecular weight is 579 g/mol. The van der Waals surface area contributed by atoms with Gasteiger partial charge in [-0.15, -0.1) is 0 Å². The third-order valence-corrected chi connectivity index (χ3v) is 8.91. The van der Waals surface area contributed by atoms with Crippen molar-refractivity contribution in [1.29, 1.82) is 0 Å². The summed E-state index contributed by atoms with van der Waals surface area (Å²) in [5.41, 5.74) is 3.92. The predicted molar refractivity (Wildman–Crippen MR) is 155 cm³/mol. The van der Waals surface area contributed by atoms with Crippen LogP contribution in [0.25, 0.3) is 22.0 Å². The van der Waals surface area contributed by atoms with Gasteiger partial charge in [-0.25, -0.2) is 12.8 Å². The molecule has 2 aliphatic heterocycles. The predicted octanol–water partition coefficient (Wildman–Crippen LogP) is 4.05. The minimum absolute atomic E-state index is 0.0816. The summed E-state index contributed by atoms with van der Waals surface area (Å²) in [6, 6.07) is 10.4. The number of rotatable bonds is 5. The van der Waals surface area contributed by atoms with Crippen LogP contribution >= 0.6 is 0 Å². The van der Waals surface area contributed by atoms with Crippen LogP contribution in [0, 0.1) is 5.82 Å². The Morgan fingerprint density at radius 3 is 2.46 bits per heavy atom. The van der Waals surface area contributed by atoms with Gasteiger partial charge in [0.1, 0.15) is 17.4 Å². The van der Waals surface area contributed by atoms with Crippen molar-refractivity contribution in [2.75, 3.05) is 31.4 Å². The number of fused-ring (bicyclic) bond motifs is 2. The lowest BCUT2D eigenvalue weighted by molar-refractivity contribution is -0.135. The number of carbonyl (C=O) groups is 1. The van der Waals surface area contributed by atoms with Crippen LogP contribution in [0.4, 0.5) is 15.8 Å². The molecule has 1 fully saturated rings. The number of hydrogen-bond donors (Lipinski definition) is 1. The van der Waals surface area contributed by atoms with E-state index in [1.165, 1.54) is 23.0 Å². The van der Waals surface area contributed by atoms with E-state index < -0.39 is 21.7 Å². The number of sulfone groups is 1. The number of amides is 1. The molecule has 1 amide bonds. The molecule has 0 spiro atoms. The van der Waals surface area contributed by atoms with E-state index in [0.717, 1.165) is 0 Å². The Morgan fingerprint density at radius 2 is 1.80 bits per heavy atom. The van der Waals surface area contributed by atoms with Crippen molar-refractivity contribution in [1.82, 2.24) is 14.5 Å². The Morgan fingerprint density at radius 1 is 1.10 bits per heavy atom. The molecule has 0 saturated carbocycles. The lowest BCUT2D eigenvalue weighted by Crippen LogP contribution is -2.46. The second-order valence-corrected chi connectivity index (χ2v) is 13.0. The molecule has 214 valence electrons. The van der Waals surface area contributed by atoms with Crippen molar-refractivity contribution in [2.24, 2.45) is 7.05 Å². The molecule has 4 aromatic rings. The number of carbonyl (C=O) groups excluding carboxylic acids is 1. The van der Waals surface area contributed by atoms with Crippen LogP contribution in [-0.4, -0.2) is 61.3 Å². The van der Waals surface area contributed by atoms with Gasteiger partial charge in [0.25, 0.3) is 5.56 Å². The minimum Gasteiger partial charge on any atom is -0.381 e. The smallest absolute Gasteiger partial charge is 0.274 e. The van der Waals surface area contributed by atoms with Crippen LogP contribution < -0.4 is 10.5 Å². The molecular weight excluding hydrogens is 547 g/mol. The molecule has 2 aromatic carbocycles. The van der Waals surface area contributed by atoms with Gasteiger partial charge >= 0.3 is 0 Å². The molecule has 6 rings (SSSR count). The monoisotopic (exact) mass is 578 g/mol. The number of halogens is 1. The van der Waals surface area contributed by atoms with E-state index in [9.17, 15) is 22.4 Å². The average Bonchev–Trinajstić information content (AvgIpc) is 3.34. The molecule has 1 saturated heterocycles. The third kappa shape index (κ3) is 4.82. The number of aromatic nitrogens is 2. The van der Waals surface area contributed by atoms with Gasteiger partial charge < -0.3 is 24.1 Å². The van der Waals surface area contributed by atoms with Crippen molar-refractivity contribution < 1.29 is 22.3 Å². The van der Waals surface area contributed by atoms with Gasteiger partial charge in [0.2, 0.25) is 5.91 Å². The third-order valence-electron chi connectivity index (χ3n) is 8.05. The number of aryl methyl sites for hydroxylation is 1. The normalized spacial score (nSPS) is 17.5. The Labute approximate surface area is 237 Å². The van der Waals surface area contributed by atoms with Crippen LogP contribution in [0.2, 0.25) is 0 Å². The zero-order valence-electron chi connectivity index (χ0n) is 23.1. The number of pyridine rings is 1. The fraction of sp³-hybridized carbons (Fsp3) is 0.333. The summed E-state index contributed by atoms with van der Waals surface area (Å²) in [6.45, 7) is 1.03. The fourth-order valence-corrected chi connectivity index (χ4v) is 6.89. The lowest BCUT2D eigenvalue weighted by atomic mass is 9.98. The topological polar surface area (TPSA) is 105 Å². The number of nitrogens with one attached hydrogen (secondary N) is 1. The summed E-state index contributed by atoms with van der Waals surface area (Å²) >= 11 is 0. The number of hydrogen-bond acceptors (Lipinski definition) is 6. The number of nitrogens with zero attached hydrogens (tertiary/aromatic N) is 3. The Bertz CT molecular complexity index is 1820. The molecule has 0 radical (unpaired) electrons. The summed E-state index contributed by atoms with van der Waals surface area (Å²) in [4.78, 5) is 34.6. The lowest BCUT2D eigenvalue weighted by Gasteiger charge is -2.38. The first-order chi connectivity index (χ1) is 19.6. The quantitative estimate of drug-likeness (QED) is 0.383. The Balaban J connectivity index is 1.64. The molecule has 1 N–H and O–H groups in total. The SMILES string of the molecule is COC1CCN(C(=O)C2c3c[nH]c4c(=O)n(C)cc(c34)-c3cc(CS(C)(=O)=O)ccc3N2c2ccc(F)cc2)CC1. The summed E-state index contributed by atoms with van der Waals surface area (Å²) in [5.74, 6) is -0.723. The van der Waals surface area contributed by atoms with Crippen LogP contribution in [0.15, 0.2) is 59.7 Å². The second kappa shape index (κ2) is 10.1. The zero-order chi connectivity index (χ0) is 29.1. The minimum atomic E-state index is -3.33. The highest BCUT2D eigenvalue weighted by molar-refractivity contribution is 7.89. The number of methoxy groups -OCH3 is 1. The van der Waals surface area contributed by atoms with Crippen molar-refractivity contribution in [2.45, 2.75) is 30.7 Å². The molecule has 0 bridgehead atoms. The van der Waals surface area contributed by atoms with Gasteiger partial charge in [0, 0.05) is 73.7 Å². The summed E-state index contributed by atoms with van der Waals surface area (Å²) in [6.07, 6.45) is 6.11. The standard InChI is InChI=1S/C30H31FN4O5S/c1-33-16-24-22-14-18(17-41(3,38)39)4-9-25(22)35(20-7-5-19(31)6-8-20)28(23-15-32-27(26(23)24)29(33)36)30(37)34-12-10-21(40-2)11-13-34/h4-9,14-16,21,28,32H,10-13,17H2,1-3H3. The highest BCUT2D eigenvalue weighted by Gasteiger charge is 2.40. The summed E-state index contributed by atoms with van der Waals surface area (Å²) < 4.78 is 45.5. The number of H-pyrrole nitrogens is 1. The second-order valence-electron chi connectivity index (χ2n) is 10.9. The highest BCUT2D eigenvalue weighted by Crippen LogP contribution is 2.49. The molecule has 1 atom stereocenters. The van der Waals surface area contributed by atoms with E-state index in [0.29, 0.717) is 70.5 Å². The summed E-state index contributed by atoms with van der Waals surface area (Å²) in [7, 11) is -0.00280. The highest BCUT2D eigenvalue weighted by atomic mass is 32.2. The maximum Gasteiger partial charge on any atom is 0.274 e. The van der Waals surface area contributed by atoms with Crippen molar-refractivity contribution in [3.8, 4) is 11.1 Å². The molecule has 41 heavy (non-hydrogen) atoms. The molecule has 2 aromatic heterocycles.